The van der Waals surface area contributed by atoms with Crippen molar-refractivity contribution in [2.75, 3.05) is 24.7 Å². The van der Waals surface area contributed by atoms with Gasteiger partial charge in [-0.1, -0.05) is 18.5 Å². The van der Waals surface area contributed by atoms with Crippen molar-refractivity contribution in [3.63, 3.8) is 0 Å². The van der Waals surface area contributed by atoms with Crippen molar-refractivity contribution >= 4 is 49.4 Å². The van der Waals surface area contributed by atoms with Gasteiger partial charge in [0.05, 0.1) is 52.4 Å². The second-order valence-corrected chi connectivity index (χ2v) is 15.0. The molecular formula is C34H36ClF4N7O4S. The fourth-order valence-electron chi connectivity index (χ4n) is 6.70. The number of nitrogens with two attached hydrogens (primary N) is 1. The second-order valence-electron chi connectivity index (χ2n) is 12.8. The van der Waals surface area contributed by atoms with Gasteiger partial charge in [-0.15, -0.1) is 0 Å². The number of nitrogens with zero attached hydrogens (tertiary/aromatic N) is 5. The number of alkyl halides is 2. The highest BCUT2D eigenvalue weighted by Crippen LogP contribution is 2.41. The maximum atomic E-state index is 14.9. The number of fused-ring (bicyclic) bond motifs is 2. The highest BCUT2D eigenvalue weighted by molar-refractivity contribution is 7.92. The summed E-state index contributed by atoms with van der Waals surface area (Å²) in [5.41, 5.74) is 7.99. The number of anilines is 1. The van der Waals surface area contributed by atoms with Crippen LogP contribution in [-0.2, 0) is 34.1 Å². The van der Waals surface area contributed by atoms with Crippen LogP contribution in [0.3, 0.4) is 0 Å². The Morgan fingerprint density at radius 1 is 1.10 bits per heavy atom. The smallest absolute Gasteiger partial charge is 0.268 e. The molecule has 0 saturated heterocycles. The molecule has 5 aromatic rings. The first-order valence-electron chi connectivity index (χ1n) is 16.3. The molecular weight excluding hydrogens is 714 g/mol. The number of nitrogens with one attached hydrogen (secondary N) is 1. The van der Waals surface area contributed by atoms with Gasteiger partial charge in [-0.2, -0.15) is 5.10 Å². The van der Waals surface area contributed by atoms with Gasteiger partial charge in [0.2, 0.25) is 15.9 Å². The van der Waals surface area contributed by atoms with E-state index >= 15 is 0 Å². The van der Waals surface area contributed by atoms with Gasteiger partial charge in [-0.05, 0) is 67.1 Å². The van der Waals surface area contributed by atoms with Gasteiger partial charge < -0.3 is 10.5 Å². The summed E-state index contributed by atoms with van der Waals surface area (Å²) in [6, 6.07) is 6.62. The Bertz CT molecular complexity index is 2290. The molecule has 0 unspecified atom stereocenters. The van der Waals surface area contributed by atoms with E-state index in [1.54, 1.807) is 12.1 Å². The molecule has 11 nitrogen and oxygen atoms in total. The lowest BCUT2D eigenvalue weighted by Gasteiger charge is -2.28. The fraction of sp³-hybridized carbons (Fsp3) is 0.412. The second kappa shape index (κ2) is 14.1. The average Bonchev–Trinajstić information content (AvgIpc) is 3.40. The zero-order chi connectivity index (χ0) is 36.8. The Kier molecular flexibility index (Phi) is 10.2. The van der Waals surface area contributed by atoms with Gasteiger partial charge in [0.15, 0.2) is 11.5 Å². The molecule has 272 valence electrons. The maximum absolute atomic E-state index is 14.9. The van der Waals surface area contributed by atoms with Crippen LogP contribution in [-0.4, -0.2) is 58.6 Å². The normalized spacial score (nSPS) is 15.9. The Morgan fingerprint density at radius 2 is 1.78 bits per heavy atom. The molecule has 1 aliphatic carbocycles. The van der Waals surface area contributed by atoms with Crippen LogP contribution in [0.2, 0.25) is 5.02 Å². The molecule has 0 amide bonds. The molecule has 3 heterocycles. The van der Waals surface area contributed by atoms with Crippen LogP contribution in [0.25, 0.3) is 27.6 Å². The third kappa shape index (κ3) is 7.59. The first-order valence-corrected chi connectivity index (χ1v) is 18.6. The minimum absolute atomic E-state index is 0.0280. The Balaban J connectivity index is 1.65. The number of methoxy groups -OCH3 is 1. The van der Waals surface area contributed by atoms with Crippen molar-refractivity contribution in [2.24, 2.45) is 5.73 Å². The van der Waals surface area contributed by atoms with Gasteiger partial charge in [0.25, 0.3) is 5.56 Å². The number of ether oxygens (including phenoxy) is 1. The minimum atomic E-state index is -3.83. The molecule has 0 bridgehead atoms. The first kappa shape index (κ1) is 36.7. The molecule has 3 N–H and O–H groups in total. The molecule has 1 atom stereocenters. The number of hydrogen-bond acceptors (Lipinski definition) is 8. The average molecular weight is 750 g/mol. The van der Waals surface area contributed by atoms with E-state index in [4.69, 9.17) is 32.0 Å². The van der Waals surface area contributed by atoms with Crippen LogP contribution in [0.4, 0.5) is 23.4 Å². The van der Waals surface area contributed by atoms with Crippen LogP contribution in [0, 0.1) is 11.6 Å². The number of hydrogen-bond donors (Lipinski definition) is 2. The van der Waals surface area contributed by atoms with Gasteiger partial charge in [0, 0.05) is 37.6 Å². The zero-order valence-corrected chi connectivity index (χ0v) is 29.6. The SMILES string of the molecule is CCc1cc(C2CCC(F)(F)CC2)nc2nc([C@@H](N)Cc3cc(F)cc(F)c3)n(-c3ccc(Cl)c4c(NS(C)(=O)=O)nn(CCOC)c34)c(=O)c12. The largest absolute Gasteiger partial charge is 0.383 e. The number of pyridine rings is 1. The van der Waals surface area contributed by atoms with Gasteiger partial charge in [-0.25, -0.2) is 35.9 Å². The predicted molar refractivity (Wildman–Crippen MR) is 186 cm³/mol. The Morgan fingerprint density at radius 3 is 2.41 bits per heavy atom. The van der Waals surface area contributed by atoms with Crippen LogP contribution < -0.4 is 16.0 Å². The summed E-state index contributed by atoms with van der Waals surface area (Å²) >= 11 is 6.65. The molecule has 0 radical (unpaired) electrons. The van der Waals surface area contributed by atoms with E-state index in [1.807, 2.05) is 6.92 Å². The lowest BCUT2D eigenvalue weighted by atomic mass is 9.84. The summed E-state index contributed by atoms with van der Waals surface area (Å²) in [6.07, 6.45) is 1.04. The van der Waals surface area contributed by atoms with Crippen LogP contribution in [0.15, 0.2) is 41.2 Å². The summed E-state index contributed by atoms with van der Waals surface area (Å²) in [6.45, 7) is 2.12. The molecule has 2 aromatic carbocycles. The highest BCUT2D eigenvalue weighted by atomic mass is 35.5. The van der Waals surface area contributed by atoms with Gasteiger partial charge in [0.1, 0.15) is 17.5 Å². The van der Waals surface area contributed by atoms with Crippen LogP contribution in [0.1, 0.15) is 67.2 Å². The van der Waals surface area contributed by atoms with E-state index in [1.165, 1.54) is 22.4 Å². The lowest BCUT2D eigenvalue weighted by molar-refractivity contribution is -0.0384. The van der Waals surface area contributed by atoms with E-state index in [0.29, 0.717) is 17.7 Å². The van der Waals surface area contributed by atoms with Crippen molar-refractivity contribution in [2.45, 2.75) is 69.9 Å². The molecule has 0 aliphatic heterocycles. The van der Waals surface area contributed by atoms with Crippen molar-refractivity contribution < 1.29 is 30.7 Å². The van der Waals surface area contributed by atoms with Gasteiger partial charge in [-0.3, -0.25) is 18.8 Å². The van der Waals surface area contributed by atoms with E-state index in [9.17, 15) is 30.8 Å². The van der Waals surface area contributed by atoms with Crippen molar-refractivity contribution in [3.8, 4) is 5.69 Å². The van der Waals surface area contributed by atoms with Crippen LogP contribution in [0.5, 0.6) is 0 Å². The van der Waals surface area contributed by atoms with Gasteiger partial charge >= 0.3 is 0 Å². The summed E-state index contributed by atoms with van der Waals surface area (Å²) < 4.78 is 91.6. The molecule has 0 spiro atoms. The van der Waals surface area contributed by atoms with E-state index in [2.05, 4.69) is 9.82 Å². The van der Waals surface area contributed by atoms with E-state index < -0.39 is 39.2 Å². The van der Waals surface area contributed by atoms with Crippen molar-refractivity contribution in [1.29, 1.82) is 0 Å². The number of sulfonamides is 1. The molecule has 51 heavy (non-hydrogen) atoms. The van der Waals surface area contributed by atoms with Crippen molar-refractivity contribution in [1.82, 2.24) is 24.3 Å². The number of halogens is 5. The Hall–Kier alpha value is -4.12. The standard InChI is InChI=1S/C34H36ClF4N7O4S/c1-4-19-16-25(20-7-9-34(38,39)10-8-20)41-30-27(19)33(47)46(32(42-30)24(40)15-18-13-21(36)17-22(37)14-18)26-6-5-23(35)28-29(26)45(11-12-50-2)43-31(28)44-51(3,48)49/h5-6,13-14,16-17,20,24H,4,7-12,15,40H2,1-3H3,(H,43,44)/t24-/m0/s1. The topological polar surface area (TPSA) is 147 Å². The maximum Gasteiger partial charge on any atom is 0.268 e. The fourth-order valence-corrected chi connectivity index (χ4v) is 7.44. The molecule has 3 aromatic heterocycles. The highest BCUT2D eigenvalue weighted by Gasteiger charge is 2.36. The zero-order valence-electron chi connectivity index (χ0n) is 28.0. The number of rotatable bonds is 11. The third-order valence-electron chi connectivity index (χ3n) is 9.05. The molecule has 1 fully saturated rings. The van der Waals surface area contributed by atoms with E-state index in [-0.39, 0.29) is 101 Å². The number of benzene rings is 2. The van der Waals surface area contributed by atoms with Crippen LogP contribution >= 0.6 is 11.6 Å². The first-order chi connectivity index (χ1) is 24.1. The predicted octanol–water partition coefficient (Wildman–Crippen LogP) is 6.18. The summed E-state index contributed by atoms with van der Waals surface area (Å²) in [4.78, 5) is 24.4. The van der Waals surface area contributed by atoms with Crippen molar-refractivity contribution in [3.05, 3.63) is 86.1 Å². The quantitative estimate of drug-likeness (QED) is 0.152. The summed E-state index contributed by atoms with van der Waals surface area (Å²) in [7, 11) is -2.35. The van der Waals surface area contributed by atoms with E-state index in [0.717, 1.165) is 24.5 Å². The Labute approximate surface area is 295 Å². The molecule has 6 rings (SSSR count). The third-order valence-corrected chi connectivity index (χ3v) is 9.92. The molecule has 17 heteroatoms. The molecule has 1 aliphatic rings. The lowest BCUT2D eigenvalue weighted by Crippen LogP contribution is -2.31. The molecule has 1 saturated carbocycles. The summed E-state index contributed by atoms with van der Waals surface area (Å²) in [5.74, 6) is -4.77. The minimum Gasteiger partial charge on any atom is -0.383 e. The summed E-state index contributed by atoms with van der Waals surface area (Å²) in [5, 5.41) is 4.95. The number of aromatic nitrogens is 5. The number of aryl methyl sites for hydroxylation is 1. The monoisotopic (exact) mass is 749 g/mol.